The molecule has 0 spiro atoms. The van der Waals surface area contributed by atoms with Gasteiger partial charge in [-0.1, -0.05) is 25.5 Å². The molecule has 0 aromatic rings. The maximum absolute atomic E-state index is 12.1. The maximum atomic E-state index is 12.1. The summed E-state index contributed by atoms with van der Waals surface area (Å²) in [5.74, 6) is 1.58. The molecule has 2 rings (SSSR count). The fraction of sp³-hybridized carbons (Fsp3) is 0.800. The minimum absolute atomic E-state index is 0.0443. The number of piperidine rings is 1. The standard InChI is InChI=1S/C15H26N2O/c1-2-12-8-9-16-14(10-12)15(18)17-11-13-6-4-3-5-7-13/h3-4,12-14,16H,2,5-11H2,1H3,(H,17,18). The highest BCUT2D eigenvalue weighted by Crippen LogP contribution is 2.20. The van der Waals surface area contributed by atoms with Gasteiger partial charge in [-0.2, -0.15) is 0 Å². The summed E-state index contributed by atoms with van der Waals surface area (Å²) in [5.41, 5.74) is 0. The largest absolute Gasteiger partial charge is 0.354 e. The Morgan fingerprint density at radius 2 is 2.22 bits per heavy atom. The van der Waals surface area contributed by atoms with Crippen LogP contribution in [-0.4, -0.2) is 25.0 Å². The van der Waals surface area contributed by atoms with Gasteiger partial charge in [0.05, 0.1) is 6.04 Å². The second-order valence-electron chi connectivity index (χ2n) is 5.70. The monoisotopic (exact) mass is 250 g/mol. The van der Waals surface area contributed by atoms with Crippen molar-refractivity contribution in [3.8, 4) is 0 Å². The molecule has 0 aromatic heterocycles. The molecule has 18 heavy (non-hydrogen) atoms. The first-order valence-corrected chi connectivity index (χ1v) is 7.45. The van der Waals surface area contributed by atoms with Gasteiger partial charge in [0.1, 0.15) is 0 Å². The lowest BCUT2D eigenvalue weighted by Crippen LogP contribution is -2.49. The van der Waals surface area contributed by atoms with Crippen molar-refractivity contribution in [3.63, 3.8) is 0 Å². The molecule has 3 unspecified atom stereocenters. The molecule has 102 valence electrons. The first-order valence-electron chi connectivity index (χ1n) is 7.45. The van der Waals surface area contributed by atoms with Gasteiger partial charge in [0.25, 0.3) is 0 Å². The topological polar surface area (TPSA) is 41.1 Å². The van der Waals surface area contributed by atoms with Crippen LogP contribution in [0, 0.1) is 11.8 Å². The van der Waals surface area contributed by atoms with Gasteiger partial charge in [-0.3, -0.25) is 4.79 Å². The zero-order chi connectivity index (χ0) is 12.8. The van der Waals surface area contributed by atoms with Gasteiger partial charge in [0.15, 0.2) is 0 Å². The third kappa shape index (κ3) is 3.84. The highest BCUT2D eigenvalue weighted by molar-refractivity contribution is 5.81. The van der Waals surface area contributed by atoms with E-state index in [0.29, 0.717) is 5.92 Å². The van der Waals surface area contributed by atoms with E-state index in [1.165, 1.54) is 25.7 Å². The van der Waals surface area contributed by atoms with Gasteiger partial charge in [-0.25, -0.2) is 0 Å². The SMILES string of the molecule is CCC1CCNC(C(=O)NCC2CC=CCC2)C1. The van der Waals surface area contributed by atoms with Gasteiger partial charge < -0.3 is 10.6 Å². The van der Waals surface area contributed by atoms with Gasteiger partial charge in [-0.05, 0) is 50.5 Å². The van der Waals surface area contributed by atoms with Gasteiger partial charge in [-0.15, -0.1) is 0 Å². The molecule has 0 saturated carbocycles. The van der Waals surface area contributed by atoms with Crippen LogP contribution in [0.25, 0.3) is 0 Å². The minimum Gasteiger partial charge on any atom is -0.354 e. The Bertz CT molecular complexity index is 301. The number of carbonyl (C=O) groups excluding carboxylic acids is 1. The summed E-state index contributed by atoms with van der Waals surface area (Å²) in [6.45, 7) is 4.06. The van der Waals surface area contributed by atoms with Crippen LogP contribution in [0.4, 0.5) is 0 Å². The number of hydrogen-bond donors (Lipinski definition) is 2. The van der Waals surface area contributed by atoms with Crippen molar-refractivity contribution in [2.75, 3.05) is 13.1 Å². The fourth-order valence-electron chi connectivity index (χ4n) is 2.98. The molecule has 3 nitrogen and oxygen atoms in total. The zero-order valence-corrected chi connectivity index (χ0v) is 11.5. The smallest absolute Gasteiger partial charge is 0.237 e. The molecule has 2 N–H and O–H groups in total. The highest BCUT2D eigenvalue weighted by Gasteiger charge is 2.26. The lowest BCUT2D eigenvalue weighted by Gasteiger charge is -2.29. The first-order chi connectivity index (χ1) is 8.79. The summed E-state index contributed by atoms with van der Waals surface area (Å²) in [5, 5.41) is 6.48. The van der Waals surface area contributed by atoms with E-state index in [4.69, 9.17) is 0 Å². The van der Waals surface area contributed by atoms with E-state index in [2.05, 4.69) is 29.7 Å². The fourth-order valence-corrected chi connectivity index (χ4v) is 2.98. The number of carbonyl (C=O) groups is 1. The molecular weight excluding hydrogens is 224 g/mol. The lowest BCUT2D eigenvalue weighted by molar-refractivity contribution is -0.124. The molecule has 3 atom stereocenters. The van der Waals surface area contributed by atoms with Crippen molar-refractivity contribution in [2.45, 2.75) is 51.5 Å². The average molecular weight is 250 g/mol. The third-order valence-corrected chi connectivity index (χ3v) is 4.35. The van der Waals surface area contributed by atoms with Gasteiger partial charge >= 0.3 is 0 Å². The molecule has 1 heterocycles. The number of allylic oxidation sites excluding steroid dienone is 2. The molecule has 2 aliphatic rings. The predicted octanol–water partition coefficient (Wildman–Crippen LogP) is 2.24. The van der Waals surface area contributed by atoms with Gasteiger partial charge in [0, 0.05) is 6.54 Å². The molecule has 1 saturated heterocycles. The summed E-state index contributed by atoms with van der Waals surface area (Å²) < 4.78 is 0. The normalized spacial score (nSPS) is 32.2. The third-order valence-electron chi connectivity index (χ3n) is 4.35. The van der Waals surface area contributed by atoms with Crippen molar-refractivity contribution < 1.29 is 4.79 Å². The van der Waals surface area contributed by atoms with Crippen LogP contribution in [0.5, 0.6) is 0 Å². The summed E-state index contributed by atoms with van der Waals surface area (Å²) in [4.78, 5) is 12.1. The second-order valence-corrected chi connectivity index (χ2v) is 5.70. The number of nitrogens with one attached hydrogen (secondary N) is 2. The van der Waals surface area contributed by atoms with Crippen LogP contribution >= 0.6 is 0 Å². The van der Waals surface area contributed by atoms with Crippen LogP contribution in [0.15, 0.2) is 12.2 Å². The number of amides is 1. The van der Waals surface area contributed by atoms with Crippen molar-refractivity contribution in [2.24, 2.45) is 11.8 Å². The molecule has 1 aliphatic heterocycles. The summed E-state index contributed by atoms with van der Waals surface area (Å²) >= 11 is 0. The van der Waals surface area contributed by atoms with Crippen LogP contribution < -0.4 is 10.6 Å². The van der Waals surface area contributed by atoms with E-state index in [0.717, 1.165) is 31.8 Å². The summed E-state index contributed by atoms with van der Waals surface area (Å²) in [6.07, 6.45) is 11.4. The lowest BCUT2D eigenvalue weighted by atomic mass is 9.89. The van der Waals surface area contributed by atoms with Crippen LogP contribution in [0.2, 0.25) is 0 Å². The Kier molecular flexibility index (Phi) is 5.24. The highest BCUT2D eigenvalue weighted by atomic mass is 16.2. The average Bonchev–Trinajstić information content (AvgIpc) is 2.46. The Balaban J connectivity index is 1.71. The van der Waals surface area contributed by atoms with E-state index < -0.39 is 0 Å². The minimum atomic E-state index is 0.0443. The molecule has 0 radical (unpaired) electrons. The van der Waals surface area contributed by atoms with Crippen molar-refractivity contribution >= 4 is 5.91 Å². The van der Waals surface area contributed by atoms with E-state index in [1.54, 1.807) is 0 Å². The van der Waals surface area contributed by atoms with E-state index in [-0.39, 0.29) is 11.9 Å². The predicted molar refractivity (Wildman–Crippen MR) is 74.3 cm³/mol. The summed E-state index contributed by atoms with van der Waals surface area (Å²) in [6, 6.07) is 0.0443. The zero-order valence-electron chi connectivity index (χ0n) is 11.5. The first kappa shape index (κ1) is 13.6. The number of hydrogen-bond acceptors (Lipinski definition) is 2. The van der Waals surface area contributed by atoms with Crippen LogP contribution in [-0.2, 0) is 4.79 Å². The molecular formula is C15H26N2O. The quantitative estimate of drug-likeness (QED) is 0.751. The van der Waals surface area contributed by atoms with E-state index >= 15 is 0 Å². The molecule has 3 heteroatoms. The molecule has 0 aromatic carbocycles. The summed E-state index contributed by atoms with van der Waals surface area (Å²) in [7, 11) is 0. The Labute approximate surface area is 110 Å². The van der Waals surface area contributed by atoms with E-state index in [1.807, 2.05) is 0 Å². The Hall–Kier alpha value is -0.830. The molecule has 1 amide bonds. The molecule has 1 aliphatic carbocycles. The Morgan fingerprint density at radius 3 is 2.94 bits per heavy atom. The Morgan fingerprint density at radius 1 is 1.33 bits per heavy atom. The maximum Gasteiger partial charge on any atom is 0.237 e. The molecule has 0 bridgehead atoms. The van der Waals surface area contributed by atoms with Gasteiger partial charge in [0.2, 0.25) is 5.91 Å². The van der Waals surface area contributed by atoms with Crippen molar-refractivity contribution in [1.29, 1.82) is 0 Å². The van der Waals surface area contributed by atoms with E-state index in [9.17, 15) is 4.79 Å². The van der Waals surface area contributed by atoms with Crippen LogP contribution in [0.1, 0.15) is 45.4 Å². The molecule has 1 fully saturated rings. The number of rotatable bonds is 4. The van der Waals surface area contributed by atoms with Crippen molar-refractivity contribution in [3.05, 3.63) is 12.2 Å². The second kappa shape index (κ2) is 6.93. The van der Waals surface area contributed by atoms with Crippen LogP contribution in [0.3, 0.4) is 0 Å². The van der Waals surface area contributed by atoms with Crippen molar-refractivity contribution in [1.82, 2.24) is 10.6 Å².